The predicted molar refractivity (Wildman–Crippen MR) is 77.6 cm³/mol. The molecule has 0 aliphatic rings. The number of aryl methyl sites for hydroxylation is 2. The zero-order valence-corrected chi connectivity index (χ0v) is 12.0. The summed E-state index contributed by atoms with van der Waals surface area (Å²) < 4.78 is 0. The lowest BCUT2D eigenvalue weighted by Crippen LogP contribution is -2.19. The Morgan fingerprint density at radius 3 is 2.11 bits per heavy atom. The highest BCUT2D eigenvalue weighted by atomic mass is 14.9. The van der Waals surface area contributed by atoms with Crippen molar-refractivity contribution in [3.05, 3.63) is 29.3 Å². The number of hydrogen-bond donors (Lipinski definition) is 1. The van der Waals surface area contributed by atoms with Crippen LogP contribution >= 0.6 is 0 Å². The van der Waals surface area contributed by atoms with Gasteiger partial charge in [-0.25, -0.2) is 0 Å². The van der Waals surface area contributed by atoms with Gasteiger partial charge in [-0.15, -0.1) is 0 Å². The van der Waals surface area contributed by atoms with E-state index in [2.05, 4.69) is 57.3 Å². The Balaban J connectivity index is 2.86. The Hall–Kier alpha value is -1.49. The molecule has 0 saturated carbocycles. The monoisotopic (exact) mass is 244 g/mol. The number of nitrogens with one attached hydrogen (secondary N) is 1. The Bertz CT molecular complexity index is 393. The zero-order valence-electron chi connectivity index (χ0n) is 12.0. The summed E-state index contributed by atoms with van der Waals surface area (Å²) in [5.41, 5.74) is 3.92. The fourth-order valence-electron chi connectivity index (χ4n) is 2.11. The van der Waals surface area contributed by atoms with Crippen molar-refractivity contribution in [2.75, 3.05) is 11.9 Å². The SMILES string of the molecule is CCc1cccc(CC)c1NCC(C#N)C(C)C. The first-order valence-corrected chi connectivity index (χ1v) is 6.88. The van der Waals surface area contributed by atoms with Crippen LogP contribution in [0, 0.1) is 23.2 Å². The lowest BCUT2D eigenvalue weighted by atomic mass is 9.96. The van der Waals surface area contributed by atoms with Gasteiger partial charge >= 0.3 is 0 Å². The molecule has 0 radical (unpaired) electrons. The van der Waals surface area contributed by atoms with Crippen LogP contribution < -0.4 is 5.32 Å². The van der Waals surface area contributed by atoms with Crippen molar-refractivity contribution in [3.63, 3.8) is 0 Å². The van der Waals surface area contributed by atoms with Crippen LogP contribution in [0.25, 0.3) is 0 Å². The van der Waals surface area contributed by atoms with Crippen molar-refractivity contribution in [2.24, 2.45) is 11.8 Å². The molecule has 1 rings (SSSR count). The van der Waals surface area contributed by atoms with Crippen LogP contribution in [0.3, 0.4) is 0 Å². The Morgan fingerprint density at radius 2 is 1.72 bits per heavy atom. The topological polar surface area (TPSA) is 35.8 Å². The number of nitriles is 1. The lowest BCUT2D eigenvalue weighted by Gasteiger charge is -2.19. The molecule has 1 unspecified atom stereocenters. The number of nitrogens with zero attached hydrogens (tertiary/aromatic N) is 1. The van der Waals surface area contributed by atoms with E-state index in [1.165, 1.54) is 16.8 Å². The van der Waals surface area contributed by atoms with Crippen LogP contribution in [0.1, 0.15) is 38.8 Å². The summed E-state index contributed by atoms with van der Waals surface area (Å²) in [5.74, 6) is 0.459. The molecule has 0 fully saturated rings. The Kier molecular flexibility index (Phi) is 5.71. The van der Waals surface area contributed by atoms with Gasteiger partial charge in [-0.05, 0) is 29.9 Å². The van der Waals surface area contributed by atoms with Gasteiger partial charge in [0, 0.05) is 12.2 Å². The van der Waals surface area contributed by atoms with Crippen LogP contribution in [0.2, 0.25) is 0 Å². The Labute approximate surface area is 111 Å². The van der Waals surface area contributed by atoms with Gasteiger partial charge in [-0.3, -0.25) is 0 Å². The van der Waals surface area contributed by atoms with E-state index >= 15 is 0 Å². The summed E-state index contributed by atoms with van der Waals surface area (Å²) in [5, 5.41) is 12.6. The van der Waals surface area contributed by atoms with Gasteiger partial charge in [0.2, 0.25) is 0 Å². The van der Waals surface area contributed by atoms with E-state index in [0.29, 0.717) is 5.92 Å². The number of para-hydroxylation sites is 1. The highest BCUT2D eigenvalue weighted by Crippen LogP contribution is 2.23. The highest BCUT2D eigenvalue weighted by Gasteiger charge is 2.13. The molecule has 0 spiro atoms. The number of rotatable bonds is 6. The van der Waals surface area contributed by atoms with E-state index in [0.717, 1.165) is 19.4 Å². The molecule has 0 aromatic heterocycles. The maximum atomic E-state index is 9.14. The molecule has 0 aliphatic heterocycles. The molecule has 2 heteroatoms. The standard InChI is InChI=1S/C16H24N2/c1-5-13-8-7-9-14(6-2)16(13)18-11-15(10-17)12(3)4/h7-9,12,15,18H,5-6,11H2,1-4H3. The van der Waals surface area contributed by atoms with Gasteiger partial charge in [0.1, 0.15) is 0 Å². The quantitative estimate of drug-likeness (QED) is 0.820. The van der Waals surface area contributed by atoms with Gasteiger partial charge in [-0.2, -0.15) is 5.26 Å². The first-order valence-electron chi connectivity index (χ1n) is 6.88. The van der Waals surface area contributed by atoms with Gasteiger partial charge in [-0.1, -0.05) is 45.9 Å². The average molecular weight is 244 g/mol. The minimum atomic E-state index is 0.0691. The fraction of sp³-hybridized carbons (Fsp3) is 0.562. The molecule has 0 amide bonds. The molecule has 0 bridgehead atoms. The predicted octanol–water partition coefficient (Wildman–Crippen LogP) is 4.02. The molecule has 1 atom stereocenters. The van der Waals surface area contributed by atoms with Crippen LogP contribution in [0.15, 0.2) is 18.2 Å². The van der Waals surface area contributed by atoms with E-state index in [1.807, 2.05) is 0 Å². The summed E-state index contributed by atoms with van der Waals surface area (Å²) >= 11 is 0. The third-order valence-electron chi connectivity index (χ3n) is 3.47. The van der Waals surface area contributed by atoms with Gasteiger partial charge in [0.25, 0.3) is 0 Å². The number of benzene rings is 1. The molecule has 0 aliphatic carbocycles. The third kappa shape index (κ3) is 3.50. The second-order valence-electron chi connectivity index (χ2n) is 5.02. The van der Waals surface area contributed by atoms with Gasteiger partial charge in [0.15, 0.2) is 0 Å². The molecular formula is C16H24N2. The second kappa shape index (κ2) is 7.06. The van der Waals surface area contributed by atoms with E-state index in [-0.39, 0.29) is 5.92 Å². The van der Waals surface area contributed by atoms with Crippen molar-refractivity contribution < 1.29 is 0 Å². The van der Waals surface area contributed by atoms with Crippen LogP contribution in [-0.2, 0) is 12.8 Å². The number of anilines is 1. The normalized spacial score (nSPS) is 12.2. The number of hydrogen-bond acceptors (Lipinski definition) is 2. The van der Waals surface area contributed by atoms with E-state index < -0.39 is 0 Å². The maximum absolute atomic E-state index is 9.14. The summed E-state index contributed by atoms with van der Waals surface area (Å²) in [6.45, 7) is 9.27. The zero-order chi connectivity index (χ0) is 13.5. The molecule has 1 aromatic carbocycles. The third-order valence-corrected chi connectivity index (χ3v) is 3.47. The van der Waals surface area contributed by atoms with Crippen LogP contribution in [0.4, 0.5) is 5.69 Å². The lowest BCUT2D eigenvalue weighted by molar-refractivity contribution is 0.496. The smallest absolute Gasteiger partial charge is 0.0677 e. The molecule has 0 heterocycles. The molecular weight excluding hydrogens is 220 g/mol. The van der Waals surface area contributed by atoms with E-state index in [1.54, 1.807) is 0 Å². The molecule has 98 valence electrons. The summed E-state index contributed by atoms with van der Waals surface area (Å²) in [6.07, 6.45) is 2.05. The van der Waals surface area contributed by atoms with E-state index in [4.69, 9.17) is 5.26 Å². The van der Waals surface area contributed by atoms with Gasteiger partial charge in [0.05, 0.1) is 12.0 Å². The minimum Gasteiger partial charge on any atom is -0.383 e. The van der Waals surface area contributed by atoms with Crippen molar-refractivity contribution >= 4 is 5.69 Å². The summed E-state index contributed by atoms with van der Waals surface area (Å²) in [7, 11) is 0. The van der Waals surface area contributed by atoms with Gasteiger partial charge < -0.3 is 5.32 Å². The first kappa shape index (κ1) is 14.6. The minimum absolute atomic E-state index is 0.0691. The maximum Gasteiger partial charge on any atom is 0.0677 e. The van der Waals surface area contributed by atoms with Crippen molar-refractivity contribution in [1.29, 1.82) is 5.26 Å². The van der Waals surface area contributed by atoms with Crippen LogP contribution in [-0.4, -0.2) is 6.54 Å². The summed E-state index contributed by atoms with van der Waals surface area (Å²) in [4.78, 5) is 0. The molecule has 0 saturated heterocycles. The molecule has 2 nitrogen and oxygen atoms in total. The molecule has 18 heavy (non-hydrogen) atoms. The van der Waals surface area contributed by atoms with E-state index in [9.17, 15) is 0 Å². The molecule has 1 N–H and O–H groups in total. The largest absolute Gasteiger partial charge is 0.383 e. The fourth-order valence-corrected chi connectivity index (χ4v) is 2.11. The summed E-state index contributed by atoms with van der Waals surface area (Å²) in [6, 6.07) is 8.83. The highest BCUT2D eigenvalue weighted by molar-refractivity contribution is 5.58. The van der Waals surface area contributed by atoms with Crippen molar-refractivity contribution in [3.8, 4) is 6.07 Å². The Morgan fingerprint density at radius 1 is 1.17 bits per heavy atom. The second-order valence-corrected chi connectivity index (χ2v) is 5.02. The molecule has 1 aromatic rings. The van der Waals surface area contributed by atoms with Crippen molar-refractivity contribution in [1.82, 2.24) is 0 Å². The van der Waals surface area contributed by atoms with Crippen molar-refractivity contribution in [2.45, 2.75) is 40.5 Å². The first-order chi connectivity index (χ1) is 8.63. The van der Waals surface area contributed by atoms with Crippen LogP contribution in [0.5, 0.6) is 0 Å². The average Bonchev–Trinajstić information content (AvgIpc) is 2.38.